The smallest absolute Gasteiger partial charge is 0.291 e. The van der Waals surface area contributed by atoms with E-state index in [1.165, 1.54) is 13.4 Å². The average molecular weight is 437 g/mol. The van der Waals surface area contributed by atoms with Gasteiger partial charge in [-0.25, -0.2) is 0 Å². The highest BCUT2D eigenvalue weighted by atomic mass is 35.5. The number of halogens is 1. The Hall–Kier alpha value is -3.97. The van der Waals surface area contributed by atoms with E-state index >= 15 is 0 Å². The molecule has 0 fully saturated rings. The van der Waals surface area contributed by atoms with Crippen molar-refractivity contribution in [3.63, 3.8) is 0 Å². The molecule has 0 saturated carbocycles. The van der Waals surface area contributed by atoms with Gasteiger partial charge in [-0.1, -0.05) is 23.7 Å². The van der Waals surface area contributed by atoms with Crippen LogP contribution < -0.4 is 15.4 Å². The normalized spacial score (nSPS) is 10.5. The molecule has 2 N–H and O–H groups in total. The number of hydrogen-bond donors (Lipinski definition) is 2. The highest BCUT2D eigenvalue weighted by molar-refractivity contribution is 6.30. The Morgan fingerprint density at radius 1 is 0.903 bits per heavy atom. The van der Waals surface area contributed by atoms with E-state index < -0.39 is 11.8 Å². The van der Waals surface area contributed by atoms with Crippen molar-refractivity contribution in [1.82, 2.24) is 0 Å². The Balaban J connectivity index is 1.48. The van der Waals surface area contributed by atoms with E-state index in [0.29, 0.717) is 27.9 Å². The van der Waals surface area contributed by atoms with Gasteiger partial charge in [0, 0.05) is 22.3 Å². The molecule has 8 heteroatoms. The van der Waals surface area contributed by atoms with Crippen LogP contribution in [-0.4, -0.2) is 18.9 Å². The maximum atomic E-state index is 12.6. The number of nitrogens with one attached hydrogen (secondary N) is 2. The predicted molar refractivity (Wildman–Crippen MR) is 117 cm³/mol. The second-order valence-corrected chi connectivity index (χ2v) is 6.91. The Bertz CT molecular complexity index is 1230. The van der Waals surface area contributed by atoms with Gasteiger partial charge in [0.1, 0.15) is 11.5 Å². The molecule has 4 aromatic rings. The van der Waals surface area contributed by atoms with Gasteiger partial charge >= 0.3 is 0 Å². The van der Waals surface area contributed by atoms with Gasteiger partial charge in [0.05, 0.1) is 19.1 Å². The lowest BCUT2D eigenvalue weighted by atomic mass is 10.2. The Morgan fingerprint density at radius 3 is 2.48 bits per heavy atom. The van der Waals surface area contributed by atoms with Crippen LogP contribution in [0.5, 0.6) is 5.75 Å². The third kappa shape index (κ3) is 4.62. The molecule has 0 bridgehead atoms. The summed E-state index contributed by atoms with van der Waals surface area (Å²) in [5.41, 5.74) is 1.67. The third-order valence-electron chi connectivity index (χ3n) is 4.39. The standard InChI is InChI=1S/C23H17ClN2O5/c1-29-21-13-16(7-8-17(21)26-22(27)19-6-3-11-30-19)25-23(28)20-10-9-18(31-20)14-4-2-5-15(24)12-14/h2-13H,1H3,(H,25,28)(H,26,27). The van der Waals surface area contributed by atoms with E-state index in [-0.39, 0.29) is 11.5 Å². The molecule has 0 aliphatic heterocycles. The zero-order valence-electron chi connectivity index (χ0n) is 16.3. The minimum absolute atomic E-state index is 0.143. The summed E-state index contributed by atoms with van der Waals surface area (Å²) >= 11 is 6.01. The van der Waals surface area contributed by atoms with E-state index in [9.17, 15) is 9.59 Å². The van der Waals surface area contributed by atoms with Crippen molar-refractivity contribution in [1.29, 1.82) is 0 Å². The molecular formula is C23H17ClN2O5. The van der Waals surface area contributed by atoms with Crippen molar-refractivity contribution in [2.24, 2.45) is 0 Å². The van der Waals surface area contributed by atoms with Crippen LogP contribution in [0.15, 0.2) is 81.8 Å². The molecule has 0 atom stereocenters. The molecule has 0 aliphatic carbocycles. The van der Waals surface area contributed by atoms with Gasteiger partial charge in [-0.15, -0.1) is 0 Å². The lowest BCUT2D eigenvalue weighted by molar-refractivity contribution is 0.0989. The molecule has 2 heterocycles. The molecular weight excluding hydrogens is 420 g/mol. The lowest BCUT2D eigenvalue weighted by Gasteiger charge is -2.11. The Kier molecular flexibility index (Phi) is 5.77. The molecule has 4 rings (SSSR count). The molecule has 7 nitrogen and oxygen atoms in total. The molecule has 0 radical (unpaired) electrons. The summed E-state index contributed by atoms with van der Waals surface area (Å²) in [7, 11) is 1.47. The molecule has 2 aromatic carbocycles. The summed E-state index contributed by atoms with van der Waals surface area (Å²) < 4.78 is 16.1. The van der Waals surface area contributed by atoms with Gasteiger partial charge in [0.15, 0.2) is 11.5 Å². The predicted octanol–water partition coefficient (Wildman–Crippen LogP) is 5.71. The highest BCUT2D eigenvalue weighted by Crippen LogP contribution is 2.29. The first-order valence-electron chi connectivity index (χ1n) is 9.23. The third-order valence-corrected chi connectivity index (χ3v) is 4.63. The lowest BCUT2D eigenvalue weighted by Crippen LogP contribution is -2.13. The molecule has 0 spiro atoms. The van der Waals surface area contributed by atoms with Crippen molar-refractivity contribution in [3.05, 3.63) is 89.5 Å². The maximum Gasteiger partial charge on any atom is 0.291 e. The number of benzene rings is 2. The van der Waals surface area contributed by atoms with Crippen LogP contribution >= 0.6 is 11.6 Å². The number of hydrogen-bond acceptors (Lipinski definition) is 5. The average Bonchev–Trinajstić information content (AvgIpc) is 3.47. The number of rotatable bonds is 6. The van der Waals surface area contributed by atoms with Gasteiger partial charge in [0.25, 0.3) is 11.8 Å². The van der Waals surface area contributed by atoms with Crippen LogP contribution in [0.2, 0.25) is 5.02 Å². The van der Waals surface area contributed by atoms with Crippen molar-refractivity contribution in [3.8, 4) is 17.1 Å². The van der Waals surface area contributed by atoms with Crippen molar-refractivity contribution < 1.29 is 23.2 Å². The van der Waals surface area contributed by atoms with E-state index in [2.05, 4.69) is 10.6 Å². The molecule has 0 aliphatic rings. The van der Waals surface area contributed by atoms with E-state index in [1.807, 2.05) is 6.07 Å². The first-order valence-corrected chi connectivity index (χ1v) is 9.61. The second kappa shape index (κ2) is 8.81. The molecule has 0 unspecified atom stereocenters. The molecule has 31 heavy (non-hydrogen) atoms. The highest BCUT2D eigenvalue weighted by Gasteiger charge is 2.16. The fourth-order valence-electron chi connectivity index (χ4n) is 2.91. The first kappa shape index (κ1) is 20.3. The van der Waals surface area contributed by atoms with Crippen LogP contribution in [0.1, 0.15) is 21.1 Å². The summed E-state index contributed by atoms with van der Waals surface area (Å²) in [6.45, 7) is 0. The van der Waals surface area contributed by atoms with Crippen LogP contribution in [0.25, 0.3) is 11.3 Å². The fraction of sp³-hybridized carbons (Fsp3) is 0.0435. The second-order valence-electron chi connectivity index (χ2n) is 6.47. The SMILES string of the molecule is COc1cc(NC(=O)c2ccc(-c3cccc(Cl)c3)o2)ccc1NC(=O)c1ccco1. The largest absolute Gasteiger partial charge is 0.494 e. The monoisotopic (exact) mass is 436 g/mol. The number of amides is 2. The molecule has 2 aromatic heterocycles. The topological polar surface area (TPSA) is 93.7 Å². The van der Waals surface area contributed by atoms with E-state index in [4.69, 9.17) is 25.2 Å². The van der Waals surface area contributed by atoms with Gasteiger partial charge in [-0.05, 0) is 48.5 Å². The van der Waals surface area contributed by atoms with E-state index in [1.54, 1.807) is 60.7 Å². The summed E-state index contributed by atoms with van der Waals surface area (Å²) in [5, 5.41) is 6.02. The fourth-order valence-corrected chi connectivity index (χ4v) is 3.10. The maximum absolute atomic E-state index is 12.6. The van der Waals surface area contributed by atoms with Crippen LogP contribution in [-0.2, 0) is 0 Å². The number of anilines is 2. The summed E-state index contributed by atoms with van der Waals surface area (Å²) in [6.07, 6.45) is 1.41. The molecule has 2 amide bonds. The van der Waals surface area contributed by atoms with Crippen LogP contribution in [0, 0.1) is 0 Å². The summed E-state index contributed by atoms with van der Waals surface area (Å²) in [4.78, 5) is 24.8. The van der Waals surface area contributed by atoms with Gasteiger partial charge in [-0.2, -0.15) is 0 Å². The van der Waals surface area contributed by atoms with E-state index in [0.717, 1.165) is 5.56 Å². The van der Waals surface area contributed by atoms with Gasteiger partial charge in [-0.3, -0.25) is 9.59 Å². The first-order chi connectivity index (χ1) is 15.0. The van der Waals surface area contributed by atoms with Crippen molar-refractivity contribution in [2.45, 2.75) is 0 Å². The number of carbonyl (C=O) groups is 2. The number of furan rings is 2. The summed E-state index contributed by atoms with van der Waals surface area (Å²) in [5.74, 6) is 0.377. The zero-order valence-corrected chi connectivity index (χ0v) is 17.1. The van der Waals surface area contributed by atoms with Crippen LogP contribution in [0.4, 0.5) is 11.4 Å². The molecule has 0 saturated heterocycles. The number of carbonyl (C=O) groups excluding carboxylic acids is 2. The minimum atomic E-state index is -0.428. The van der Waals surface area contributed by atoms with Crippen molar-refractivity contribution >= 4 is 34.8 Å². The number of ether oxygens (including phenoxy) is 1. The van der Waals surface area contributed by atoms with Crippen LogP contribution in [0.3, 0.4) is 0 Å². The quantitative estimate of drug-likeness (QED) is 0.404. The summed E-state index contributed by atoms with van der Waals surface area (Å²) in [6, 6.07) is 18.5. The Morgan fingerprint density at radius 2 is 1.74 bits per heavy atom. The molecule has 156 valence electrons. The van der Waals surface area contributed by atoms with Gasteiger partial charge < -0.3 is 24.2 Å². The zero-order chi connectivity index (χ0) is 21.8. The Labute approximate surface area is 182 Å². The minimum Gasteiger partial charge on any atom is -0.494 e. The number of methoxy groups -OCH3 is 1. The van der Waals surface area contributed by atoms with Gasteiger partial charge in [0.2, 0.25) is 0 Å². The van der Waals surface area contributed by atoms with Crippen molar-refractivity contribution in [2.75, 3.05) is 17.7 Å².